The van der Waals surface area contributed by atoms with Gasteiger partial charge in [-0.25, -0.2) is 0 Å². The molecule has 4 rings (SSSR count). The molecule has 2 heterocycles. The van der Waals surface area contributed by atoms with E-state index in [2.05, 4.69) is 15.5 Å². The third-order valence-electron chi connectivity index (χ3n) is 5.07. The third kappa shape index (κ3) is 4.86. The average Bonchev–Trinajstić information content (AvgIpc) is 3.48. The van der Waals surface area contributed by atoms with Crippen LogP contribution in [0.5, 0.6) is 5.75 Å². The number of rotatable bonds is 7. The number of nitrogens with one attached hydrogen (secondary N) is 1. The molecule has 0 spiro atoms. The highest BCUT2D eigenvalue weighted by molar-refractivity contribution is 7.15. The molecule has 2 aromatic rings. The van der Waals surface area contributed by atoms with E-state index in [1.54, 1.807) is 4.90 Å². The number of nitrogens with zero attached hydrogens (tertiary/aromatic N) is 3. The van der Waals surface area contributed by atoms with Crippen LogP contribution < -0.4 is 10.1 Å². The van der Waals surface area contributed by atoms with Crippen LogP contribution in [-0.2, 0) is 9.59 Å². The summed E-state index contributed by atoms with van der Waals surface area (Å²) in [5.41, 5.74) is 0. The van der Waals surface area contributed by atoms with Gasteiger partial charge in [0.05, 0.1) is 18.9 Å². The van der Waals surface area contributed by atoms with E-state index in [0.717, 1.165) is 36.4 Å². The van der Waals surface area contributed by atoms with Gasteiger partial charge in [0.15, 0.2) is 0 Å². The number of likely N-dealkylation sites (tertiary alicyclic amines) is 1. The van der Waals surface area contributed by atoms with E-state index in [9.17, 15) is 9.59 Å². The first kappa shape index (κ1) is 18.9. The first-order chi connectivity index (χ1) is 13.7. The predicted octanol–water partition coefficient (Wildman–Crippen LogP) is 3.06. The van der Waals surface area contributed by atoms with E-state index in [1.807, 2.05) is 30.3 Å². The fraction of sp³-hybridized carbons (Fsp3) is 0.500. The normalized spacial score (nSPS) is 19.3. The Bertz CT molecular complexity index is 822. The molecular formula is C20H24N4O3S. The van der Waals surface area contributed by atoms with Gasteiger partial charge in [-0.1, -0.05) is 29.5 Å². The van der Waals surface area contributed by atoms with Crippen molar-refractivity contribution in [3.8, 4) is 5.75 Å². The Kier molecular flexibility index (Phi) is 5.85. The summed E-state index contributed by atoms with van der Waals surface area (Å²) < 4.78 is 5.61. The maximum atomic E-state index is 12.6. The molecule has 1 unspecified atom stereocenters. The van der Waals surface area contributed by atoms with Gasteiger partial charge in [-0.3, -0.25) is 9.59 Å². The second kappa shape index (κ2) is 8.68. The molecular weight excluding hydrogens is 376 g/mol. The molecule has 0 bridgehead atoms. The summed E-state index contributed by atoms with van der Waals surface area (Å²) in [7, 11) is 0. The SMILES string of the molecule is O=C(Nc1nnc(C2CC2)s1)C1CCCN(C(=O)CCOc2ccccc2)C1. The van der Waals surface area contributed by atoms with Gasteiger partial charge in [-0.05, 0) is 37.8 Å². The number of hydrogen-bond donors (Lipinski definition) is 1. The van der Waals surface area contributed by atoms with Crippen LogP contribution in [0.1, 0.15) is 43.0 Å². The van der Waals surface area contributed by atoms with Crippen LogP contribution >= 0.6 is 11.3 Å². The minimum atomic E-state index is -0.207. The number of anilines is 1. The summed E-state index contributed by atoms with van der Waals surface area (Å²) in [4.78, 5) is 26.9. The lowest BCUT2D eigenvalue weighted by molar-refractivity contribution is -0.135. The number of hydrogen-bond acceptors (Lipinski definition) is 6. The standard InChI is InChI=1S/C20H24N4O3S/c25-17(10-12-27-16-6-2-1-3-7-16)24-11-4-5-15(13-24)18(26)21-20-23-22-19(28-20)14-8-9-14/h1-3,6-7,14-15H,4-5,8-13H2,(H,21,23,26). The van der Waals surface area contributed by atoms with Gasteiger partial charge < -0.3 is 15.0 Å². The second-order valence-corrected chi connectivity index (χ2v) is 8.31. The molecule has 1 aromatic heterocycles. The monoisotopic (exact) mass is 400 g/mol. The fourth-order valence-corrected chi connectivity index (χ4v) is 4.25. The average molecular weight is 401 g/mol. The van der Waals surface area contributed by atoms with Crippen molar-refractivity contribution in [1.82, 2.24) is 15.1 Å². The zero-order valence-electron chi connectivity index (χ0n) is 15.7. The van der Waals surface area contributed by atoms with Crippen LogP contribution in [0.25, 0.3) is 0 Å². The van der Waals surface area contributed by atoms with Gasteiger partial charge in [-0.2, -0.15) is 0 Å². The smallest absolute Gasteiger partial charge is 0.231 e. The Labute approximate surface area is 168 Å². The van der Waals surface area contributed by atoms with Gasteiger partial charge in [-0.15, -0.1) is 10.2 Å². The quantitative estimate of drug-likeness (QED) is 0.772. The van der Waals surface area contributed by atoms with E-state index < -0.39 is 0 Å². The Morgan fingerprint density at radius 2 is 2.00 bits per heavy atom. The lowest BCUT2D eigenvalue weighted by Crippen LogP contribution is -2.44. The van der Waals surface area contributed by atoms with Crippen LogP contribution in [-0.4, -0.2) is 46.6 Å². The van der Waals surface area contributed by atoms with Gasteiger partial charge in [0, 0.05) is 19.0 Å². The highest BCUT2D eigenvalue weighted by Crippen LogP contribution is 2.42. The lowest BCUT2D eigenvalue weighted by atomic mass is 9.97. The molecule has 1 aliphatic carbocycles. The molecule has 0 radical (unpaired) electrons. The van der Waals surface area contributed by atoms with Crippen molar-refractivity contribution in [2.75, 3.05) is 25.0 Å². The number of amides is 2. The van der Waals surface area contributed by atoms with Crippen LogP contribution in [0.2, 0.25) is 0 Å². The van der Waals surface area contributed by atoms with Crippen molar-refractivity contribution in [3.05, 3.63) is 35.3 Å². The minimum absolute atomic E-state index is 0.0281. The Morgan fingerprint density at radius 1 is 1.18 bits per heavy atom. The maximum absolute atomic E-state index is 12.6. The topological polar surface area (TPSA) is 84.4 Å². The van der Waals surface area contributed by atoms with Crippen LogP contribution in [0.15, 0.2) is 30.3 Å². The van der Waals surface area contributed by atoms with Crippen molar-refractivity contribution in [3.63, 3.8) is 0 Å². The van der Waals surface area contributed by atoms with Crippen LogP contribution in [0.4, 0.5) is 5.13 Å². The molecule has 2 amide bonds. The van der Waals surface area contributed by atoms with E-state index in [-0.39, 0.29) is 17.7 Å². The zero-order valence-corrected chi connectivity index (χ0v) is 16.5. The van der Waals surface area contributed by atoms with E-state index in [4.69, 9.17) is 4.74 Å². The number of carbonyl (C=O) groups is 2. The van der Waals surface area contributed by atoms with Crippen LogP contribution in [0, 0.1) is 5.92 Å². The maximum Gasteiger partial charge on any atom is 0.231 e. The van der Waals surface area contributed by atoms with Gasteiger partial charge in [0.1, 0.15) is 10.8 Å². The molecule has 2 fully saturated rings. The molecule has 1 saturated carbocycles. The highest BCUT2D eigenvalue weighted by Gasteiger charge is 2.30. The number of benzene rings is 1. The van der Waals surface area contributed by atoms with Crippen molar-refractivity contribution in [2.45, 2.75) is 38.0 Å². The van der Waals surface area contributed by atoms with Crippen molar-refractivity contribution < 1.29 is 14.3 Å². The third-order valence-corrected chi connectivity index (χ3v) is 6.07. The van der Waals surface area contributed by atoms with E-state index in [0.29, 0.717) is 37.2 Å². The fourth-order valence-electron chi connectivity index (χ4n) is 3.34. The van der Waals surface area contributed by atoms with E-state index in [1.165, 1.54) is 11.3 Å². The zero-order chi connectivity index (χ0) is 19.3. The first-order valence-electron chi connectivity index (χ1n) is 9.79. The second-order valence-electron chi connectivity index (χ2n) is 7.30. The predicted molar refractivity (Wildman–Crippen MR) is 106 cm³/mol. The minimum Gasteiger partial charge on any atom is -0.493 e. The van der Waals surface area contributed by atoms with Gasteiger partial charge >= 0.3 is 0 Å². The van der Waals surface area contributed by atoms with Gasteiger partial charge in [0.25, 0.3) is 0 Å². The van der Waals surface area contributed by atoms with Crippen molar-refractivity contribution >= 4 is 28.3 Å². The summed E-state index contributed by atoms with van der Waals surface area (Å²) in [5, 5.41) is 12.7. The lowest BCUT2D eigenvalue weighted by Gasteiger charge is -2.32. The van der Waals surface area contributed by atoms with Crippen molar-refractivity contribution in [2.24, 2.45) is 5.92 Å². The molecule has 7 nitrogen and oxygen atoms in total. The van der Waals surface area contributed by atoms with Crippen molar-refractivity contribution in [1.29, 1.82) is 0 Å². The number of para-hydroxylation sites is 1. The van der Waals surface area contributed by atoms with Gasteiger partial charge in [0.2, 0.25) is 16.9 Å². The molecule has 28 heavy (non-hydrogen) atoms. The molecule has 1 aliphatic heterocycles. The molecule has 148 valence electrons. The number of aromatic nitrogens is 2. The highest BCUT2D eigenvalue weighted by atomic mass is 32.1. The number of carbonyl (C=O) groups excluding carboxylic acids is 2. The molecule has 1 atom stereocenters. The molecule has 1 aromatic carbocycles. The van der Waals surface area contributed by atoms with Crippen LogP contribution in [0.3, 0.4) is 0 Å². The van der Waals surface area contributed by atoms with E-state index >= 15 is 0 Å². The summed E-state index contributed by atoms with van der Waals surface area (Å²) >= 11 is 1.46. The molecule has 2 aliphatic rings. The Morgan fingerprint density at radius 3 is 2.79 bits per heavy atom. The molecule has 8 heteroatoms. The summed E-state index contributed by atoms with van der Waals surface area (Å²) in [5.74, 6) is 1.04. The summed E-state index contributed by atoms with van der Waals surface area (Å²) in [6, 6.07) is 9.46. The number of piperidine rings is 1. The number of ether oxygens (including phenoxy) is 1. The molecule has 1 N–H and O–H groups in total. The Balaban J connectivity index is 1.24. The Hall–Kier alpha value is -2.48. The molecule has 1 saturated heterocycles. The summed E-state index contributed by atoms with van der Waals surface area (Å²) in [6.07, 6.45) is 4.24. The first-order valence-corrected chi connectivity index (χ1v) is 10.6. The largest absolute Gasteiger partial charge is 0.493 e. The summed E-state index contributed by atoms with van der Waals surface area (Å²) in [6.45, 7) is 1.48.